The van der Waals surface area contributed by atoms with E-state index in [1.165, 1.54) is 10.6 Å². The third-order valence-corrected chi connectivity index (χ3v) is 5.28. The van der Waals surface area contributed by atoms with Gasteiger partial charge >= 0.3 is 5.97 Å². The number of thiol groups is 1. The van der Waals surface area contributed by atoms with Gasteiger partial charge < -0.3 is 4.74 Å². The zero-order valence-electron chi connectivity index (χ0n) is 12.8. The number of sulfonamides is 1. The topological polar surface area (TPSA) is 94.4 Å². The molecular formula is C12H20N4O4S2. The van der Waals surface area contributed by atoms with Crippen molar-refractivity contribution >= 4 is 28.6 Å². The van der Waals surface area contributed by atoms with E-state index < -0.39 is 16.0 Å². The Hall–Kier alpha value is -1.13. The summed E-state index contributed by atoms with van der Waals surface area (Å²) in [7, 11) is -3.30. The standard InChI is InChI=1S/C12H20N4O4S2/c1-4-20-12(17)11-8(2)15(14-13-11)6-9-5-10(21)7-16(9)22(3,18)19/h9-10,21H,4-7H2,1-3H3. The molecule has 2 rings (SSSR count). The van der Waals surface area contributed by atoms with Crippen LogP contribution in [0.5, 0.6) is 0 Å². The number of ether oxygens (including phenoxy) is 1. The van der Waals surface area contributed by atoms with E-state index in [4.69, 9.17) is 4.74 Å². The molecule has 0 bridgehead atoms. The highest BCUT2D eigenvalue weighted by atomic mass is 32.2. The first-order chi connectivity index (χ1) is 10.2. The largest absolute Gasteiger partial charge is 0.461 e. The van der Waals surface area contributed by atoms with E-state index in [9.17, 15) is 13.2 Å². The number of esters is 1. The van der Waals surface area contributed by atoms with Crippen LogP contribution in [-0.2, 0) is 21.3 Å². The van der Waals surface area contributed by atoms with E-state index >= 15 is 0 Å². The van der Waals surface area contributed by atoms with Crippen molar-refractivity contribution in [1.82, 2.24) is 19.3 Å². The number of nitrogens with zero attached hydrogens (tertiary/aromatic N) is 4. The van der Waals surface area contributed by atoms with Crippen LogP contribution in [0.4, 0.5) is 0 Å². The Morgan fingerprint density at radius 3 is 2.77 bits per heavy atom. The van der Waals surface area contributed by atoms with Crippen LogP contribution in [0.1, 0.15) is 29.5 Å². The van der Waals surface area contributed by atoms with Gasteiger partial charge in [0, 0.05) is 17.8 Å². The Morgan fingerprint density at radius 2 is 2.18 bits per heavy atom. The number of carbonyl (C=O) groups is 1. The third kappa shape index (κ3) is 3.61. The Morgan fingerprint density at radius 1 is 1.50 bits per heavy atom. The molecule has 0 spiro atoms. The van der Waals surface area contributed by atoms with Crippen LogP contribution in [-0.4, -0.2) is 64.4 Å². The molecule has 0 aromatic carbocycles. The summed E-state index contributed by atoms with van der Waals surface area (Å²) in [5, 5.41) is 7.77. The summed E-state index contributed by atoms with van der Waals surface area (Å²) in [6.07, 6.45) is 1.81. The first kappa shape index (κ1) is 17.2. The lowest BCUT2D eigenvalue weighted by molar-refractivity contribution is 0.0518. The third-order valence-electron chi connectivity index (χ3n) is 3.60. The molecule has 1 aliphatic heterocycles. The molecule has 1 saturated heterocycles. The molecule has 0 radical (unpaired) electrons. The summed E-state index contributed by atoms with van der Waals surface area (Å²) in [5.74, 6) is -0.523. The van der Waals surface area contributed by atoms with E-state index in [0.29, 0.717) is 25.2 Å². The highest BCUT2D eigenvalue weighted by Gasteiger charge is 2.36. The normalized spacial score (nSPS) is 22.9. The Kier molecular flexibility index (Phi) is 5.13. The maximum absolute atomic E-state index is 11.8. The van der Waals surface area contributed by atoms with E-state index in [-0.39, 0.29) is 23.6 Å². The lowest BCUT2D eigenvalue weighted by Gasteiger charge is -2.22. The lowest BCUT2D eigenvalue weighted by Crippen LogP contribution is -2.37. The van der Waals surface area contributed by atoms with Gasteiger partial charge in [0.15, 0.2) is 5.69 Å². The van der Waals surface area contributed by atoms with Crippen molar-refractivity contribution in [2.75, 3.05) is 19.4 Å². The molecule has 2 atom stereocenters. The molecule has 22 heavy (non-hydrogen) atoms. The number of rotatable bonds is 5. The molecule has 124 valence electrons. The van der Waals surface area contributed by atoms with Gasteiger partial charge in [0.25, 0.3) is 0 Å². The van der Waals surface area contributed by atoms with Gasteiger partial charge in [-0.3, -0.25) is 0 Å². The van der Waals surface area contributed by atoms with Crippen molar-refractivity contribution in [3.05, 3.63) is 11.4 Å². The minimum Gasteiger partial charge on any atom is -0.461 e. The van der Waals surface area contributed by atoms with E-state index in [2.05, 4.69) is 22.9 Å². The Balaban J connectivity index is 2.19. The van der Waals surface area contributed by atoms with Gasteiger partial charge in [0.1, 0.15) is 0 Å². The second-order valence-corrected chi connectivity index (χ2v) is 7.97. The van der Waals surface area contributed by atoms with Crippen LogP contribution in [0.3, 0.4) is 0 Å². The molecule has 1 fully saturated rings. The van der Waals surface area contributed by atoms with Crippen molar-refractivity contribution in [1.29, 1.82) is 0 Å². The van der Waals surface area contributed by atoms with Crippen molar-refractivity contribution in [3.8, 4) is 0 Å². The van der Waals surface area contributed by atoms with Crippen LogP contribution >= 0.6 is 12.6 Å². The maximum atomic E-state index is 11.8. The molecule has 1 aromatic heterocycles. The molecule has 0 amide bonds. The molecule has 1 aromatic rings. The number of carbonyl (C=O) groups excluding carboxylic acids is 1. The molecule has 1 aliphatic rings. The van der Waals surface area contributed by atoms with Crippen LogP contribution in [0.2, 0.25) is 0 Å². The van der Waals surface area contributed by atoms with Gasteiger partial charge in [0.05, 0.1) is 25.1 Å². The maximum Gasteiger partial charge on any atom is 0.360 e. The fourth-order valence-corrected chi connectivity index (χ4v) is 4.23. The number of aromatic nitrogens is 3. The molecular weight excluding hydrogens is 328 g/mol. The zero-order chi connectivity index (χ0) is 16.5. The van der Waals surface area contributed by atoms with Gasteiger partial charge in [-0.25, -0.2) is 17.9 Å². The van der Waals surface area contributed by atoms with Crippen LogP contribution in [0.25, 0.3) is 0 Å². The second kappa shape index (κ2) is 6.55. The highest BCUT2D eigenvalue weighted by Crippen LogP contribution is 2.25. The quantitative estimate of drug-likeness (QED) is 0.599. The summed E-state index contributed by atoms with van der Waals surface area (Å²) in [4.78, 5) is 11.7. The predicted octanol–water partition coefficient (Wildman–Crippen LogP) is 0.0955. The first-order valence-electron chi connectivity index (χ1n) is 6.96. The predicted molar refractivity (Wildman–Crippen MR) is 83.4 cm³/mol. The average Bonchev–Trinajstić information content (AvgIpc) is 2.94. The van der Waals surface area contributed by atoms with Gasteiger partial charge in [0.2, 0.25) is 10.0 Å². The monoisotopic (exact) mass is 348 g/mol. The summed E-state index contributed by atoms with van der Waals surface area (Å²) in [5.41, 5.74) is 0.725. The summed E-state index contributed by atoms with van der Waals surface area (Å²) in [6.45, 7) is 4.40. The average molecular weight is 348 g/mol. The van der Waals surface area contributed by atoms with Gasteiger partial charge in [-0.15, -0.1) is 5.10 Å². The zero-order valence-corrected chi connectivity index (χ0v) is 14.5. The molecule has 0 N–H and O–H groups in total. The molecule has 2 unspecified atom stereocenters. The molecule has 0 aliphatic carbocycles. The van der Waals surface area contributed by atoms with Crippen LogP contribution < -0.4 is 0 Å². The van der Waals surface area contributed by atoms with Crippen molar-refractivity contribution in [3.63, 3.8) is 0 Å². The van der Waals surface area contributed by atoms with Crippen molar-refractivity contribution < 1.29 is 17.9 Å². The molecule has 2 heterocycles. The highest BCUT2D eigenvalue weighted by molar-refractivity contribution is 7.88. The second-order valence-electron chi connectivity index (χ2n) is 5.30. The molecule has 0 saturated carbocycles. The van der Waals surface area contributed by atoms with Gasteiger partial charge in [-0.2, -0.15) is 16.9 Å². The lowest BCUT2D eigenvalue weighted by atomic mass is 10.2. The first-order valence-corrected chi connectivity index (χ1v) is 9.32. The molecule has 8 nitrogen and oxygen atoms in total. The summed E-state index contributed by atoms with van der Waals surface area (Å²) in [6, 6.07) is -0.243. The van der Waals surface area contributed by atoms with Gasteiger partial charge in [-0.1, -0.05) is 5.21 Å². The fourth-order valence-electron chi connectivity index (χ4n) is 2.56. The summed E-state index contributed by atoms with van der Waals surface area (Å²) < 4.78 is 31.6. The Bertz CT molecular complexity index is 658. The van der Waals surface area contributed by atoms with E-state index in [0.717, 1.165) is 0 Å². The van der Waals surface area contributed by atoms with Crippen LogP contribution in [0, 0.1) is 6.92 Å². The molecule has 10 heteroatoms. The van der Waals surface area contributed by atoms with Crippen LogP contribution in [0.15, 0.2) is 0 Å². The smallest absolute Gasteiger partial charge is 0.360 e. The van der Waals surface area contributed by atoms with E-state index in [1.54, 1.807) is 18.5 Å². The van der Waals surface area contributed by atoms with Crippen molar-refractivity contribution in [2.24, 2.45) is 0 Å². The number of hydrogen-bond acceptors (Lipinski definition) is 7. The van der Waals surface area contributed by atoms with Gasteiger partial charge in [-0.05, 0) is 20.3 Å². The summed E-state index contributed by atoms with van der Waals surface area (Å²) >= 11 is 4.38. The van der Waals surface area contributed by atoms with E-state index in [1.807, 2.05) is 0 Å². The minimum atomic E-state index is -3.30. The van der Waals surface area contributed by atoms with Crippen molar-refractivity contribution in [2.45, 2.75) is 38.1 Å². The minimum absolute atomic E-state index is 0.00641. The number of hydrogen-bond donors (Lipinski definition) is 1. The SMILES string of the molecule is CCOC(=O)c1nnn(CC2CC(S)CN2S(C)(=O)=O)c1C. The Labute approximate surface area is 135 Å². The fraction of sp³-hybridized carbons (Fsp3) is 0.750.